The molecule has 0 radical (unpaired) electrons. The third-order valence-corrected chi connectivity index (χ3v) is 9.17. The van der Waals surface area contributed by atoms with Crippen molar-refractivity contribution in [3.8, 4) is 11.5 Å². The molecule has 0 fully saturated rings. The van der Waals surface area contributed by atoms with E-state index in [2.05, 4.69) is 107 Å². The predicted octanol–water partition coefficient (Wildman–Crippen LogP) is 10.2. The van der Waals surface area contributed by atoms with Crippen LogP contribution in [-0.4, -0.2) is 21.7 Å². The lowest BCUT2D eigenvalue weighted by Crippen LogP contribution is -2.17. The standard InChI is InChI=1S/C34H54O2S2/c1-31(2,3)25-17-23(18-26(29(25)35)32(4,5)6)21-37-15-13-14-16-38-22-24-19-27(33(7,8)9)30(36)28(20-24)34(10,11)12/h17-20,35-36H,13-16,21-22H2,1-12H3. The Hall–Kier alpha value is -1.26. The van der Waals surface area contributed by atoms with Crippen molar-refractivity contribution >= 4 is 23.5 Å². The summed E-state index contributed by atoms with van der Waals surface area (Å²) in [6.45, 7) is 26.1. The fraction of sp³-hybridized carbons (Fsp3) is 0.647. The highest BCUT2D eigenvalue weighted by molar-refractivity contribution is 7.98. The molecule has 2 aromatic rings. The minimum atomic E-state index is -0.0826. The average molecular weight is 559 g/mol. The zero-order valence-corrected chi connectivity index (χ0v) is 27.9. The highest BCUT2D eigenvalue weighted by Gasteiger charge is 2.27. The highest BCUT2D eigenvalue weighted by Crippen LogP contribution is 2.41. The van der Waals surface area contributed by atoms with Crippen LogP contribution >= 0.6 is 23.5 Å². The third-order valence-electron chi connectivity index (χ3n) is 6.94. The molecule has 2 aromatic carbocycles. The van der Waals surface area contributed by atoms with Gasteiger partial charge in [-0.15, -0.1) is 0 Å². The van der Waals surface area contributed by atoms with E-state index in [1.54, 1.807) is 0 Å². The molecule has 0 aromatic heterocycles. The molecule has 0 bridgehead atoms. The molecule has 2 nitrogen and oxygen atoms in total. The smallest absolute Gasteiger partial charge is 0.123 e. The summed E-state index contributed by atoms with van der Waals surface area (Å²) in [5.41, 5.74) is 6.50. The van der Waals surface area contributed by atoms with Gasteiger partial charge in [0.2, 0.25) is 0 Å². The van der Waals surface area contributed by atoms with Crippen LogP contribution < -0.4 is 0 Å². The van der Waals surface area contributed by atoms with Crippen molar-refractivity contribution in [1.82, 2.24) is 0 Å². The Morgan fingerprint density at radius 3 is 0.921 bits per heavy atom. The van der Waals surface area contributed by atoms with E-state index in [1.807, 2.05) is 23.5 Å². The van der Waals surface area contributed by atoms with Crippen molar-refractivity contribution in [2.45, 2.75) is 129 Å². The molecule has 0 heterocycles. The van der Waals surface area contributed by atoms with Crippen LogP contribution in [0.1, 0.15) is 129 Å². The van der Waals surface area contributed by atoms with Gasteiger partial charge in [0.25, 0.3) is 0 Å². The molecule has 214 valence electrons. The number of unbranched alkanes of at least 4 members (excludes halogenated alkanes) is 1. The Labute approximate surface area is 242 Å². The van der Waals surface area contributed by atoms with Gasteiger partial charge in [-0.3, -0.25) is 0 Å². The molecule has 2 N–H and O–H groups in total. The SMILES string of the molecule is CC(C)(C)c1cc(CSCCCCSCc2cc(C(C)(C)C)c(O)c(C(C)(C)C)c2)cc(C(C)(C)C)c1O. The summed E-state index contributed by atoms with van der Waals surface area (Å²) < 4.78 is 0. The number of aromatic hydroxyl groups is 2. The van der Waals surface area contributed by atoms with E-state index in [1.165, 1.54) is 24.0 Å². The predicted molar refractivity (Wildman–Crippen MR) is 173 cm³/mol. The van der Waals surface area contributed by atoms with Crippen LogP contribution in [0.25, 0.3) is 0 Å². The molecule has 0 saturated carbocycles. The quantitative estimate of drug-likeness (QED) is 0.300. The summed E-state index contributed by atoms with van der Waals surface area (Å²) in [4.78, 5) is 0. The Kier molecular flexibility index (Phi) is 10.8. The van der Waals surface area contributed by atoms with E-state index in [4.69, 9.17) is 0 Å². The molecule has 0 amide bonds. The van der Waals surface area contributed by atoms with Gasteiger partial charge in [0, 0.05) is 11.5 Å². The first-order valence-electron chi connectivity index (χ1n) is 14.1. The van der Waals surface area contributed by atoms with Crippen LogP contribution in [0.5, 0.6) is 11.5 Å². The van der Waals surface area contributed by atoms with Crippen molar-refractivity contribution in [2.24, 2.45) is 0 Å². The maximum atomic E-state index is 11.0. The first-order chi connectivity index (χ1) is 17.2. The lowest BCUT2D eigenvalue weighted by molar-refractivity contribution is 0.422. The van der Waals surface area contributed by atoms with E-state index in [9.17, 15) is 10.2 Å². The molecule has 0 spiro atoms. The number of hydrogen-bond acceptors (Lipinski definition) is 4. The second kappa shape index (κ2) is 12.5. The molecule has 0 aliphatic carbocycles. The van der Waals surface area contributed by atoms with Crippen LogP contribution in [-0.2, 0) is 33.2 Å². The zero-order valence-electron chi connectivity index (χ0n) is 26.3. The van der Waals surface area contributed by atoms with E-state index in [-0.39, 0.29) is 21.7 Å². The lowest BCUT2D eigenvalue weighted by Gasteiger charge is -2.28. The van der Waals surface area contributed by atoms with Gasteiger partial charge in [0.15, 0.2) is 0 Å². The van der Waals surface area contributed by atoms with Gasteiger partial charge in [0.1, 0.15) is 11.5 Å². The molecule has 0 aliphatic rings. The maximum Gasteiger partial charge on any atom is 0.123 e. The molecule has 4 heteroatoms. The van der Waals surface area contributed by atoms with Crippen LogP contribution in [0, 0.1) is 0 Å². The normalized spacial score (nSPS) is 13.3. The second-order valence-electron chi connectivity index (χ2n) is 14.9. The minimum Gasteiger partial charge on any atom is -0.507 e. The van der Waals surface area contributed by atoms with Gasteiger partial charge in [-0.25, -0.2) is 0 Å². The van der Waals surface area contributed by atoms with Gasteiger partial charge in [-0.1, -0.05) is 107 Å². The summed E-state index contributed by atoms with van der Waals surface area (Å²) in [5, 5.41) is 21.9. The molecule has 38 heavy (non-hydrogen) atoms. The summed E-state index contributed by atoms with van der Waals surface area (Å²) in [5.74, 6) is 5.20. The van der Waals surface area contributed by atoms with E-state index in [0.717, 1.165) is 45.3 Å². The molecule has 0 unspecified atom stereocenters. The van der Waals surface area contributed by atoms with Crippen LogP contribution in [0.4, 0.5) is 0 Å². The number of benzene rings is 2. The summed E-state index contributed by atoms with van der Waals surface area (Å²) in [6, 6.07) is 8.84. The van der Waals surface area contributed by atoms with Gasteiger partial charge >= 0.3 is 0 Å². The first kappa shape index (κ1) is 32.9. The molecular formula is C34H54O2S2. The zero-order chi connectivity index (χ0) is 29.1. The summed E-state index contributed by atoms with van der Waals surface area (Å²) in [6.07, 6.45) is 2.42. The van der Waals surface area contributed by atoms with E-state index < -0.39 is 0 Å². The fourth-order valence-corrected chi connectivity index (χ4v) is 6.54. The highest BCUT2D eigenvalue weighted by atomic mass is 32.2. The Morgan fingerprint density at radius 2 is 0.711 bits per heavy atom. The topological polar surface area (TPSA) is 40.5 Å². The van der Waals surface area contributed by atoms with Gasteiger partial charge in [-0.2, -0.15) is 23.5 Å². The van der Waals surface area contributed by atoms with Crippen molar-refractivity contribution < 1.29 is 10.2 Å². The number of phenolic OH excluding ortho intramolecular Hbond substituents is 2. The van der Waals surface area contributed by atoms with E-state index >= 15 is 0 Å². The van der Waals surface area contributed by atoms with Crippen LogP contribution in [0.15, 0.2) is 24.3 Å². The molecule has 0 saturated heterocycles. The van der Waals surface area contributed by atoms with Crippen molar-refractivity contribution in [3.05, 3.63) is 57.6 Å². The Bertz CT molecular complexity index is 916. The first-order valence-corrected chi connectivity index (χ1v) is 16.4. The van der Waals surface area contributed by atoms with Crippen molar-refractivity contribution in [2.75, 3.05) is 11.5 Å². The Morgan fingerprint density at radius 1 is 0.474 bits per heavy atom. The largest absolute Gasteiger partial charge is 0.507 e. The maximum absolute atomic E-state index is 11.0. The summed E-state index contributed by atoms with van der Waals surface area (Å²) >= 11 is 4.00. The third kappa shape index (κ3) is 9.15. The monoisotopic (exact) mass is 558 g/mol. The molecule has 0 atom stereocenters. The van der Waals surface area contributed by atoms with Gasteiger partial charge in [-0.05, 0) is 79.4 Å². The number of thioether (sulfide) groups is 2. The van der Waals surface area contributed by atoms with Crippen LogP contribution in [0.2, 0.25) is 0 Å². The van der Waals surface area contributed by atoms with Crippen LogP contribution in [0.3, 0.4) is 0 Å². The second-order valence-corrected chi connectivity index (χ2v) is 17.1. The minimum absolute atomic E-state index is 0.0826. The van der Waals surface area contributed by atoms with Crippen molar-refractivity contribution in [3.63, 3.8) is 0 Å². The molecular weight excluding hydrogens is 505 g/mol. The lowest BCUT2D eigenvalue weighted by atomic mass is 9.78. The number of rotatable bonds is 9. The number of hydrogen-bond donors (Lipinski definition) is 2. The van der Waals surface area contributed by atoms with Gasteiger partial charge in [0.05, 0.1) is 0 Å². The van der Waals surface area contributed by atoms with Crippen molar-refractivity contribution in [1.29, 1.82) is 0 Å². The van der Waals surface area contributed by atoms with E-state index in [0.29, 0.717) is 11.5 Å². The average Bonchev–Trinajstić information content (AvgIpc) is 2.74. The fourth-order valence-electron chi connectivity index (χ4n) is 4.63. The van der Waals surface area contributed by atoms with Gasteiger partial charge < -0.3 is 10.2 Å². The molecule has 0 aliphatic heterocycles. The Balaban J connectivity index is 1.91. The molecule has 2 rings (SSSR count). The number of phenols is 2. The summed E-state index contributed by atoms with van der Waals surface area (Å²) in [7, 11) is 0.